The first-order chi connectivity index (χ1) is 13.5. The van der Waals surface area contributed by atoms with Crippen molar-refractivity contribution in [1.29, 1.82) is 0 Å². The third-order valence-corrected chi connectivity index (χ3v) is 4.21. The molecule has 146 valence electrons. The molecule has 0 saturated heterocycles. The van der Waals surface area contributed by atoms with Crippen LogP contribution in [0.2, 0.25) is 0 Å². The molecule has 0 saturated carbocycles. The number of carbonyl (C=O) groups is 1. The van der Waals surface area contributed by atoms with Gasteiger partial charge in [0.25, 0.3) is 5.91 Å². The van der Waals surface area contributed by atoms with Crippen LogP contribution in [0.25, 0.3) is 11.0 Å². The van der Waals surface area contributed by atoms with E-state index < -0.39 is 22.8 Å². The van der Waals surface area contributed by atoms with Gasteiger partial charge in [-0.05, 0) is 30.3 Å². The van der Waals surface area contributed by atoms with Crippen LogP contribution in [0.3, 0.4) is 0 Å². The molecule has 3 rings (SSSR count). The molecule has 1 amide bonds. The average molecular weight is 387 g/mol. The van der Waals surface area contributed by atoms with E-state index in [2.05, 4.69) is 10.3 Å². The van der Waals surface area contributed by atoms with Gasteiger partial charge in [0.15, 0.2) is 0 Å². The number of fused-ring (bicyclic) bond motifs is 1. The van der Waals surface area contributed by atoms with E-state index in [1.807, 2.05) is 0 Å². The lowest BCUT2D eigenvalue weighted by Gasteiger charge is -2.14. The van der Waals surface area contributed by atoms with Crippen LogP contribution in [-0.2, 0) is 6.54 Å². The van der Waals surface area contributed by atoms with Crippen molar-refractivity contribution < 1.29 is 18.7 Å². The molecular formula is C19H18FN3O5. The SMILES string of the molecule is COc1cccc(OC)c1C(=O)NCCn1c(=O)c(=O)[nH]c2cc(F)ccc21. The molecule has 3 aromatic rings. The number of hydrogen-bond donors (Lipinski definition) is 2. The molecule has 1 aromatic heterocycles. The summed E-state index contributed by atoms with van der Waals surface area (Å²) >= 11 is 0. The van der Waals surface area contributed by atoms with Gasteiger partial charge in [-0.2, -0.15) is 0 Å². The standard InChI is InChI=1S/C19H18FN3O5/c1-27-14-4-3-5-15(28-2)16(14)17(24)21-8-9-23-13-7-6-11(20)10-12(13)22-18(25)19(23)26/h3-7,10H,8-9H2,1-2H3,(H,21,24)(H,22,25). The van der Waals surface area contributed by atoms with Crippen LogP contribution >= 0.6 is 0 Å². The lowest BCUT2D eigenvalue weighted by atomic mass is 10.1. The summed E-state index contributed by atoms with van der Waals surface area (Å²) in [6.07, 6.45) is 0. The van der Waals surface area contributed by atoms with Crippen molar-refractivity contribution in [3.63, 3.8) is 0 Å². The Labute approximate surface area is 158 Å². The average Bonchev–Trinajstić information content (AvgIpc) is 2.69. The van der Waals surface area contributed by atoms with E-state index in [-0.39, 0.29) is 24.2 Å². The summed E-state index contributed by atoms with van der Waals surface area (Å²) in [5.41, 5.74) is -0.880. The van der Waals surface area contributed by atoms with E-state index in [1.54, 1.807) is 18.2 Å². The maximum Gasteiger partial charge on any atom is 0.316 e. The summed E-state index contributed by atoms with van der Waals surface area (Å²) in [5, 5.41) is 2.67. The molecule has 0 bridgehead atoms. The fourth-order valence-corrected chi connectivity index (χ4v) is 2.92. The van der Waals surface area contributed by atoms with E-state index in [9.17, 15) is 18.8 Å². The van der Waals surface area contributed by atoms with Gasteiger partial charge in [0.05, 0.1) is 25.3 Å². The molecule has 9 heteroatoms. The molecule has 28 heavy (non-hydrogen) atoms. The van der Waals surface area contributed by atoms with Gasteiger partial charge in [-0.15, -0.1) is 0 Å². The van der Waals surface area contributed by atoms with Gasteiger partial charge in [0, 0.05) is 13.1 Å². The molecule has 0 aliphatic carbocycles. The second-order valence-electron chi connectivity index (χ2n) is 5.87. The van der Waals surface area contributed by atoms with Crippen molar-refractivity contribution in [3.05, 3.63) is 68.5 Å². The van der Waals surface area contributed by atoms with Crippen LogP contribution < -0.4 is 25.9 Å². The van der Waals surface area contributed by atoms with E-state index in [0.29, 0.717) is 17.0 Å². The number of nitrogens with zero attached hydrogens (tertiary/aromatic N) is 1. The normalized spacial score (nSPS) is 10.7. The predicted molar refractivity (Wildman–Crippen MR) is 101 cm³/mol. The molecular weight excluding hydrogens is 369 g/mol. The topological polar surface area (TPSA) is 102 Å². The fourth-order valence-electron chi connectivity index (χ4n) is 2.92. The largest absolute Gasteiger partial charge is 0.496 e. The van der Waals surface area contributed by atoms with Crippen LogP contribution in [0.1, 0.15) is 10.4 Å². The maximum absolute atomic E-state index is 13.4. The van der Waals surface area contributed by atoms with E-state index in [1.165, 1.54) is 30.9 Å². The van der Waals surface area contributed by atoms with Crippen molar-refractivity contribution in [2.75, 3.05) is 20.8 Å². The molecule has 1 heterocycles. The number of benzene rings is 2. The number of halogens is 1. The summed E-state index contributed by atoms with van der Waals surface area (Å²) in [7, 11) is 2.87. The molecule has 2 aromatic carbocycles. The zero-order valence-electron chi connectivity index (χ0n) is 15.2. The second-order valence-corrected chi connectivity index (χ2v) is 5.87. The lowest BCUT2D eigenvalue weighted by molar-refractivity contribution is 0.0946. The Morgan fingerprint density at radius 1 is 1.14 bits per heavy atom. The molecule has 0 spiro atoms. The fraction of sp³-hybridized carbons (Fsp3) is 0.211. The Bertz CT molecular complexity index is 1130. The first kappa shape index (κ1) is 19.2. The van der Waals surface area contributed by atoms with Gasteiger partial charge in [-0.1, -0.05) is 6.07 Å². The molecule has 2 N–H and O–H groups in total. The Kier molecular flexibility index (Phi) is 5.44. The quantitative estimate of drug-likeness (QED) is 0.621. The molecule has 0 aliphatic heterocycles. The second kappa shape index (κ2) is 7.95. The van der Waals surface area contributed by atoms with Crippen LogP contribution in [0.15, 0.2) is 46.0 Å². The summed E-state index contributed by atoms with van der Waals surface area (Å²) in [6.45, 7) is 0.0734. The molecule has 0 aliphatic rings. The summed E-state index contributed by atoms with van der Waals surface area (Å²) in [4.78, 5) is 38.9. The lowest BCUT2D eigenvalue weighted by Crippen LogP contribution is -2.39. The number of amides is 1. The zero-order chi connectivity index (χ0) is 20.3. The van der Waals surface area contributed by atoms with E-state index in [0.717, 1.165) is 6.07 Å². The van der Waals surface area contributed by atoms with Crippen molar-refractivity contribution in [2.45, 2.75) is 6.54 Å². The summed E-state index contributed by atoms with van der Waals surface area (Å²) in [5.74, 6) is -0.315. The highest BCUT2D eigenvalue weighted by Gasteiger charge is 2.18. The Balaban J connectivity index is 1.85. The number of nitrogens with one attached hydrogen (secondary N) is 2. The third kappa shape index (κ3) is 3.59. The van der Waals surface area contributed by atoms with E-state index in [4.69, 9.17) is 9.47 Å². The highest BCUT2D eigenvalue weighted by molar-refractivity contribution is 5.99. The number of hydrogen-bond acceptors (Lipinski definition) is 5. The van der Waals surface area contributed by atoms with Gasteiger partial charge in [0.2, 0.25) is 0 Å². The van der Waals surface area contributed by atoms with Gasteiger partial charge in [-0.25, -0.2) is 4.39 Å². The Hall–Kier alpha value is -3.62. The minimum absolute atomic E-state index is 0.0219. The molecule has 0 fully saturated rings. The number of carbonyl (C=O) groups excluding carboxylic acids is 1. The molecule has 0 radical (unpaired) electrons. The van der Waals surface area contributed by atoms with Gasteiger partial charge in [0.1, 0.15) is 22.9 Å². The van der Waals surface area contributed by atoms with Crippen molar-refractivity contribution in [1.82, 2.24) is 14.9 Å². The van der Waals surface area contributed by atoms with Crippen molar-refractivity contribution >= 4 is 16.9 Å². The molecule has 0 unspecified atom stereocenters. The smallest absolute Gasteiger partial charge is 0.316 e. The molecule has 0 atom stereocenters. The molecule has 8 nitrogen and oxygen atoms in total. The summed E-state index contributed by atoms with van der Waals surface area (Å²) < 4.78 is 25.0. The number of ether oxygens (including phenoxy) is 2. The van der Waals surface area contributed by atoms with Crippen molar-refractivity contribution in [2.24, 2.45) is 0 Å². The number of aromatic amines is 1. The zero-order valence-corrected chi connectivity index (χ0v) is 15.2. The first-order valence-corrected chi connectivity index (χ1v) is 8.38. The first-order valence-electron chi connectivity index (χ1n) is 8.38. The summed E-state index contributed by atoms with van der Waals surface area (Å²) in [6, 6.07) is 8.66. The van der Waals surface area contributed by atoms with Gasteiger partial charge >= 0.3 is 11.1 Å². The van der Waals surface area contributed by atoms with Crippen LogP contribution in [-0.4, -0.2) is 36.2 Å². The van der Waals surface area contributed by atoms with E-state index >= 15 is 0 Å². The minimum Gasteiger partial charge on any atom is -0.496 e. The highest BCUT2D eigenvalue weighted by atomic mass is 19.1. The van der Waals surface area contributed by atoms with Crippen LogP contribution in [0.4, 0.5) is 4.39 Å². The van der Waals surface area contributed by atoms with Crippen molar-refractivity contribution in [3.8, 4) is 11.5 Å². The van der Waals surface area contributed by atoms with Gasteiger partial charge in [-0.3, -0.25) is 14.4 Å². The maximum atomic E-state index is 13.4. The Morgan fingerprint density at radius 3 is 2.46 bits per heavy atom. The third-order valence-electron chi connectivity index (χ3n) is 4.21. The number of rotatable bonds is 6. The number of H-pyrrole nitrogens is 1. The van der Waals surface area contributed by atoms with Crippen LogP contribution in [0.5, 0.6) is 11.5 Å². The van der Waals surface area contributed by atoms with Crippen LogP contribution in [0, 0.1) is 5.82 Å². The monoisotopic (exact) mass is 387 g/mol. The number of methoxy groups -OCH3 is 2. The number of aromatic nitrogens is 2. The Morgan fingerprint density at radius 2 is 1.82 bits per heavy atom. The minimum atomic E-state index is -0.865. The predicted octanol–water partition coefficient (Wildman–Crippen LogP) is 1.28. The highest BCUT2D eigenvalue weighted by Crippen LogP contribution is 2.27. The van der Waals surface area contributed by atoms with Gasteiger partial charge < -0.3 is 24.3 Å².